The number of phenolic OH excluding ortho intramolecular Hbond substituents is 1. The zero-order valence-electron chi connectivity index (χ0n) is 22.9. The van der Waals surface area contributed by atoms with Crippen LogP contribution in [0.25, 0.3) is 0 Å². The molecule has 2 saturated carbocycles. The number of phenols is 1. The average Bonchev–Trinajstić information content (AvgIpc) is 3.67. The molecule has 5 heteroatoms. The number of rotatable bonds is 10. The topological polar surface area (TPSA) is 56.2 Å². The number of piperidine rings is 1. The van der Waals surface area contributed by atoms with Gasteiger partial charge >= 0.3 is 0 Å². The van der Waals surface area contributed by atoms with Gasteiger partial charge < -0.3 is 14.9 Å². The van der Waals surface area contributed by atoms with Crippen molar-refractivity contribution in [1.29, 1.82) is 0 Å². The van der Waals surface area contributed by atoms with Crippen LogP contribution in [0.5, 0.6) is 11.5 Å². The molecule has 0 aromatic heterocycles. The Morgan fingerprint density at radius 2 is 1.82 bits per heavy atom. The van der Waals surface area contributed by atoms with E-state index < -0.39 is 11.0 Å². The van der Waals surface area contributed by atoms with Crippen molar-refractivity contribution >= 4 is 0 Å². The minimum Gasteiger partial charge on any atom is -0.504 e. The van der Waals surface area contributed by atoms with Crippen LogP contribution in [0.3, 0.4) is 0 Å². The fraction of sp³-hybridized carbons (Fsp3) is 0.636. The summed E-state index contributed by atoms with van der Waals surface area (Å²) in [6, 6.07) is 15.2. The van der Waals surface area contributed by atoms with Gasteiger partial charge in [-0.2, -0.15) is 0 Å². The largest absolute Gasteiger partial charge is 0.504 e. The third-order valence-electron chi connectivity index (χ3n) is 10.9. The molecule has 1 saturated heterocycles. The second-order valence-corrected chi connectivity index (χ2v) is 13.0. The number of aliphatic hydroxyl groups is 1. The zero-order chi connectivity index (χ0) is 25.9. The quantitative estimate of drug-likeness (QED) is 0.433. The van der Waals surface area contributed by atoms with Crippen LogP contribution in [0.2, 0.25) is 0 Å². The molecule has 2 heterocycles. The van der Waals surface area contributed by atoms with E-state index in [0.717, 1.165) is 56.8 Å². The number of nitrogens with zero attached hydrogens (tertiary/aromatic N) is 2. The normalized spacial score (nSPS) is 33.3. The molecule has 0 unspecified atom stereocenters. The summed E-state index contributed by atoms with van der Waals surface area (Å²) in [7, 11) is 2.26. The molecule has 2 aromatic carbocycles. The van der Waals surface area contributed by atoms with E-state index in [1.807, 2.05) is 6.07 Å². The smallest absolute Gasteiger partial charge is 0.165 e. The number of benzene rings is 2. The van der Waals surface area contributed by atoms with Crippen molar-refractivity contribution in [3.05, 3.63) is 59.2 Å². The summed E-state index contributed by atoms with van der Waals surface area (Å²) >= 11 is 0. The summed E-state index contributed by atoms with van der Waals surface area (Å²) in [5.74, 6) is 1.73. The lowest BCUT2D eigenvalue weighted by Crippen LogP contribution is -2.78. The van der Waals surface area contributed by atoms with E-state index >= 15 is 0 Å². The summed E-state index contributed by atoms with van der Waals surface area (Å²) in [6.07, 6.45) is 12.2. The van der Waals surface area contributed by atoms with Gasteiger partial charge in [-0.25, -0.2) is 0 Å². The Bertz CT molecular complexity index is 1170. The Morgan fingerprint density at radius 3 is 2.63 bits per heavy atom. The van der Waals surface area contributed by atoms with Gasteiger partial charge in [0.15, 0.2) is 11.5 Å². The number of ether oxygens (including phenoxy) is 1. The maximum absolute atomic E-state index is 12.7. The van der Waals surface area contributed by atoms with Gasteiger partial charge in [-0.05, 0) is 101 Å². The molecule has 204 valence electrons. The lowest BCUT2D eigenvalue weighted by Gasteiger charge is -2.64. The highest BCUT2D eigenvalue weighted by Gasteiger charge is 2.73. The molecular weight excluding hydrogens is 472 g/mol. The lowest BCUT2D eigenvalue weighted by molar-refractivity contribution is -0.199. The van der Waals surface area contributed by atoms with Crippen molar-refractivity contribution in [2.24, 2.45) is 5.92 Å². The summed E-state index contributed by atoms with van der Waals surface area (Å²) in [6.45, 7) is 3.20. The maximum atomic E-state index is 12.7. The van der Waals surface area contributed by atoms with Gasteiger partial charge in [0.1, 0.15) is 6.10 Å². The predicted molar refractivity (Wildman–Crippen MR) is 150 cm³/mol. The lowest BCUT2D eigenvalue weighted by atomic mass is 9.48. The number of unbranched alkanes of at least 4 members (excludes halogenated alkanes) is 3. The van der Waals surface area contributed by atoms with Gasteiger partial charge in [-0.1, -0.05) is 49.2 Å². The first-order valence-electron chi connectivity index (χ1n) is 15.2. The fourth-order valence-electron chi connectivity index (χ4n) is 8.76. The minimum atomic E-state index is -0.786. The van der Waals surface area contributed by atoms with Gasteiger partial charge in [0.2, 0.25) is 0 Å². The molecular formula is C33H44N2O3. The molecule has 1 spiro atoms. The van der Waals surface area contributed by atoms with Gasteiger partial charge in [-0.3, -0.25) is 9.80 Å². The van der Waals surface area contributed by atoms with Crippen molar-refractivity contribution in [3.63, 3.8) is 0 Å². The van der Waals surface area contributed by atoms with Crippen molar-refractivity contribution in [1.82, 2.24) is 9.80 Å². The summed E-state index contributed by atoms with van der Waals surface area (Å²) in [5.41, 5.74) is 2.68. The Labute approximate surface area is 227 Å². The summed E-state index contributed by atoms with van der Waals surface area (Å²) < 4.78 is 6.76. The van der Waals surface area contributed by atoms with Crippen LogP contribution in [0.4, 0.5) is 0 Å². The van der Waals surface area contributed by atoms with Gasteiger partial charge in [0.05, 0.1) is 11.0 Å². The van der Waals surface area contributed by atoms with Crippen LogP contribution in [0.15, 0.2) is 42.5 Å². The van der Waals surface area contributed by atoms with Crippen LogP contribution in [-0.2, 0) is 18.3 Å². The fourth-order valence-corrected chi connectivity index (χ4v) is 8.76. The average molecular weight is 517 g/mol. The van der Waals surface area contributed by atoms with Gasteiger partial charge in [0, 0.05) is 24.2 Å². The van der Waals surface area contributed by atoms with Crippen LogP contribution in [0, 0.1) is 5.92 Å². The van der Waals surface area contributed by atoms with E-state index in [4.69, 9.17) is 4.74 Å². The van der Waals surface area contributed by atoms with Crippen molar-refractivity contribution in [2.75, 3.05) is 26.7 Å². The third-order valence-corrected chi connectivity index (χ3v) is 10.9. The first-order chi connectivity index (χ1) is 18.5. The Balaban J connectivity index is 1.07. The number of likely N-dealkylation sites (N-methyl/N-ethyl adjacent to an activating group) is 1. The molecule has 0 radical (unpaired) electrons. The van der Waals surface area contributed by atoms with Gasteiger partial charge in [0.25, 0.3) is 0 Å². The molecule has 3 aliphatic carbocycles. The van der Waals surface area contributed by atoms with E-state index in [0.29, 0.717) is 5.75 Å². The van der Waals surface area contributed by atoms with Crippen LogP contribution in [0.1, 0.15) is 74.5 Å². The van der Waals surface area contributed by atoms with E-state index in [9.17, 15) is 10.2 Å². The number of likely N-dealkylation sites (tertiary alicyclic amines) is 1. The van der Waals surface area contributed by atoms with E-state index in [-0.39, 0.29) is 23.9 Å². The molecule has 38 heavy (non-hydrogen) atoms. The summed E-state index contributed by atoms with van der Waals surface area (Å²) in [4.78, 5) is 5.13. The van der Waals surface area contributed by atoms with E-state index in [1.165, 1.54) is 56.1 Å². The first-order valence-corrected chi connectivity index (χ1v) is 15.2. The Kier molecular flexibility index (Phi) is 6.25. The zero-order valence-corrected chi connectivity index (χ0v) is 22.9. The molecule has 2 bridgehead atoms. The minimum absolute atomic E-state index is 0.0998. The monoisotopic (exact) mass is 516 g/mol. The van der Waals surface area contributed by atoms with Crippen molar-refractivity contribution in [2.45, 2.75) is 99.8 Å². The molecule has 5 atom stereocenters. The van der Waals surface area contributed by atoms with Crippen LogP contribution >= 0.6 is 0 Å². The highest BCUT2D eigenvalue weighted by molar-refractivity contribution is 5.62. The first kappa shape index (κ1) is 24.9. The molecule has 2 aliphatic heterocycles. The summed E-state index contributed by atoms with van der Waals surface area (Å²) in [5, 5.41) is 23.5. The number of hydrogen-bond donors (Lipinski definition) is 2. The number of aromatic hydroxyl groups is 1. The second kappa shape index (κ2) is 9.53. The van der Waals surface area contributed by atoms with Crippen molar-refractivity contribution in [3.8, 4) is 11.5 Å². The maximum Gasteiger partial charge on any atom is 0.165 e. The predicted octanol–water partition coefficient (Wildman–Crippen LogP) is 5.06. The third kappa shape index (κ3) is 3.83. The van der Waals surface area contributed by atoms with Crippen LogP contribution < -0.4 is 4.74 Å². The van der Waals surface area contributed by atoms with Gasteiger partial charge in [-0.15, -0.1) is 0 Å². The van der Waals surface area contributed by atoms with E-state index in [1.54, 1.807) is 0 Å². The molecule has 3 fully saturated rings. The Morgan fingerprint density at radius 1 is 1.00 bits per heavy atom. The molecule has 7 rings (SSSR count). The van der Waals surface area contributed by atoms with Crippen LogP contribution in [-0.4, -0.2) is 70.5 Å². The molecule has 0 amide bonds. The Hall–Kier alpha value is -2.08. The second-order valence-electron chi connectivity index (χ2n) is 13.0. The highest BCUT2D eigenvalue weighted by Crippen LogP contribution is 2.66. The molecule has 5 nitrogen and oxygen atoms in total. The van der Waals surface area contributed by atoms with E-state index in [2.05, 4.69) is 53.2 Å². The number of aryl methyl sites for hydroxylation is 1. The molecule has 2 N–H and O–H groups in total. The standard InChI is InChI=1S/C33H44N2O3/c1-34(19-8-3-2-5-9-23-10-6-4-7-11-23)26-16-17-33(37)28-21-25-14-15-27(36)30-29(25)32(33,31(26)38-30)18-20-35(28)22-24-12-13-24/h4,6-7,10-11,14-15,24,26,28,31,36-37H,2-3,5,8-9,12-13,16-22H2,1H3/t26-,28+,31-,32-,33+/m0/s1. The highest BCUT2D eigenvalue weighted by atomic mass is 16.5. The SMILES string of the molecule is CN(CCCCCCc1ccccc1)[C@H]1CC[C@@]2(O)[C@H]3Cc4ccc(O)c5c4[C@@]2(CCN3CC2CC2)[C@H]1O5. The molecule has 2 aromatic rings. The number of hydrogen-bond acceptors (Lipinski definition) is 5. The van der Waals surface area contributed by atoms with Crippen molar-refractivity contribution < 1.29 is 14.9 Å². The molecule has 5 aliphatic rings.